The summed E-state index contributed by atoms with van der Waals surface area (Å²) < 4.78 is 10.5. The van der Waals surface area contributed by atoms with Crippen molar-refractivity contribution < 1.29 is 23.8 Å². The smallest absolute Gasteiger partial charge is 0.431 e. The minimum Gasteiger partial charge on any atom is -0.463 e. The Kier molecular flexibility index (Phi) is 5.11. The third-order valence-corrected chi connectivity index (χ3v) is 2.52. The summed E-state index contributed by atoms with van der Waals surface area (Å²) in [6.07, 6.45) is -0.255. The highest BCUT2D eigenvalue weighted by atomic mass is 16.6. The number of esters is 1. The second-order valence-corrected chi connectivity index (χ2v) is 6.90. The van der Waals surface area contributed by atoms with Gasteiger partial charge in [-0.05, 0) is 20.8 Å². The molecule has 1 amide bonds. The summed E-state index contributed by atoms with van der Waals surface area (Å²) in [4.78, 5) is 30.4. The second-order valence-electron chi connectivity index (χ2n) is 6.90. The molecule has 0 bridgehead atoms. The van der Waals surface area contributed by atoms with Crippen LogP contribution in [0.5, 0.6) is 0 Å². The van der Waals surface area contributed by atoms with Gasteiger partial charge < -0.3 is 14.3 Å². The van der Waals surface area contributed by atoms with E-state index in [4.69, 9.17) is 14.3 Å². The van der Waals surface area contributed by atoms with Crippen LogP contribution in [0.2, 0.25) is 0 Å². The Balaban J connectivity index is 3.09. The molecule has 0 aliphatic rings. The molecule has 0 aromatic carbocycles. The van der Waals surface area contributed by atoms with Gasteiger partial charge in [-0.15, -0.1) is 0 Å². The third kappa shape index (κ3) is 5.31. The number of amides is 1. The van der Waals surface area contributed by atoms with Crippen molar-refractivity contribution in [1.29, 1.82) is 0 Å². The lowest BCUT2D eigenvalue weighted by Crippen LogP contribution is -2.31. The van der Waals surface area contributed by atoms with Crippen molar-refractivity contribution >= 4 is 17.8 Å². The number of hydrogen-bond donors (Lipinski definition) is 1. The molecular formula is C15H22N2O5. The molecule has 0 aliphatic heterocycles. The summed E-state index contributed by atoms with van der Waals surface area (Å²) in [5.41, 5.74) is -0.818. The van der Waals surface area contributed by atoms with Gasteiger partial charge in [-0.25, -0.2) is 14.6 Å². The maximum atomic E-state index is 12.1. The Morgan fingerprint density at radius 1 is 1.27 bits per heavy atom. The molecule has 22 heavy (non-hydrogen) atoms. The fourth-order valence-electron chi connectivity index (χ4n) is 1.77. The third-order valence-electron chi connectivity index (χ3n) is 2.52. The van der Waals surface area contributed by atoms with Crippen molar-refractivity contribution in [2.75, 3.05) is 0 Å². The normalized spacial score (nSPS) is 13.1. The lowest BCUT2D eigenvalue weighted by atomic mass is 9.90. The van der Waals surface area contributed by atoms with E-state index >= 15 is 0 Å². The molecule has 7 heteroatoms. The van der Waals surface area contributed by atoms with E-state index in [-0.39, 0.29) is 17.5 Å². The second kappa shape index (κ2) is 6.29. The Labute approximate surface area is 129 Å². The van der Waals surface area contributed by atoms with Crippen LogP contribution >= 0.6 is 0 Å². The maximum absolute atomic E-state index is 12.1. The quantitative estimate of drug-likeness (QED) is 0.680. The molecule has 0 aliphatic carbocycles. The standard InChI is InChI=1S/C15H22N2O5/c1-14(2,3)11-9(16-8-21-11)7-10(17-13(19)20)12(18)22-15(4,5)6/h8H,7H2,1-6H3,(H,19,20). The SMILES string of the molecule is CC(C)(C)OC(=O)C(Cc1ncoc1C(C)(C)C)=NC(=O)O. The molecule has 0 fully saturated rings. The molecule has 0 unspecified atom stereocenters. The number of aromatic nitrogens is 1. The molecule has 0 saturated carbocycles. The van der Waals surface area contributed by atoms with E-state index in [9.17, 15) is 9.59 Å². The van der Waals surface area contributed by atoms with Gasteiger partial charge in [0.15, 0.2) is 6.39 Å². The number of oxazole rings is 1. The largest absolute Gasteiger partial charge is 0.463 e. The molecular weight excluding hydrogens is 288 g/mol. The number of carboxylic acid groups (broad SMARTS) is 1. The molecule has 0 radical (unpaired) electrons. The van der Waals surface area contributed by atoms with Gasteiger partial charge in [0.1, 0.15) is 17.1 Å². The number of aliphatic imine (C=N–C) groups is 1. The topological polar surface area (TPSA) is 102 Å². The van der Waals surface area contributed by atoms with Crippen molar-refractivity contribution in [3.8, 4) is 0 Å². The van der Waals surface area contributed by atoms with Gasteiger partial charge in [0.25, 0.3) is 0 Å². The summed E-state index contributed by atoms with van der Waals surface area (Å²) in [6.45, 7) is 10.9. The van der Waals surface area contributed by atoms with Crippen molar-refractivity contribution in [3.63, 3.8) is 0 Å². The lowest BCUT2D eigenvalue weighted by Gasteiger charge is -2.20. The molecule has 1 rings (SSSR count). The lowest BCUT2D eigenvalue weighted by molar-refractivity contribution is -0.146. The predicted octanol–water partition coefficient (Wildman–Crippen LogP) is 2.98. The van der Waals surface area contributed by atoms with E-state index < -0.39 is 17.7 Å². The average Bonchev–Trinajstić information content (AvgIpc) is 2.72. The summed E-state index contributed by atoms with van der Waals surface area (Å²) in [5.74, 6) is -0.202. The number of rotatable bonds is 3. The van der Waals surface area contributed by atoms with E-state index in [1.807, 2.05) is 20.8 Å². The van der Waals surface area contributed by atoms with Crippen LogP contribution in [-0.2, 0) is 21.4 Å². The van der Waals surface area contributed by atoms with E-state index in [1.54, 1.807) is 20.8 Å². The Bertz CT molecular complexity index is 588. The predicted molar refractivity (Wildman–Crippen MR) is 80.2 cm³/mol. The van der Waals surface area contributed by atoms with Gasteiger partial charge in [0, 0.05) is 11.8 Å². The number of carbonyl (C=O) groups is 2. The van der Waals surface area contributed by atoms with Gasteiger partial charge in [0.2, 0.25) is 0 Å². The number of nitrogens with zero attached hydrogens (tertiary/aromatic N) is 2. The highest BCUT2D eigenvalue weighted by Gasteiger charge is 2.28. The van der Waals surface area contributed by atoms with E-state index in [2.05, 4.69) is 9.98 Å². The van der Waals surface area contributed by atoms with Crippen LogP contribution in [0.25, 0.3) is 0 Å². The maximum Gasteiger partial charge on any atom is 0.431 e. The van der Waals surface area contributed by atoms with Crippen LogP contribution in [0.1, 0.15) is 53.0 Å². The van der Waals surface area contributed by atoms with Crippen LogP contribution in [-0.4, -0.2) is 33.5 Å². The summed E-state index contributed by atoms with van der Waals surface area (Å²) in [5, 5.41) is 8.85. The minimum absolute atomic E-state index is 0.0652. The fourth-order valence-corrected chi connectivity index (χ4v) is 1.77. The van der Waals surface area contributed by atoms with Crippen LogP contribution in [0.4, 0.5) is 4.79 Å². The molecule has 1 aromatic heterocycles. The zero-order valence-electron chi connectivity index (χ0n) is 13.8. The minimum atomic E-state index is -1.46. The van der Waals surface area contributed by atoms with Crippen molar-refractivity contribution in [2.24, 2.45) is 4.99 Å². The van der Waals surface area contributed by atoms with Gasteiger partial charge >= 0.3 is 12.1 Å². The molecule has 0 spiro atoms. The number of carbonyl (C=O) groups excluding carboxylic acids is 1. The molecule has 0 atom stereocenters. The van der Waals surface area contributed by atoms with Crippen molar-refractivity contribution in [1.82, 2.24) is 4.98 Å². The van der Waals surface area contributed by atoms with Crippen molar-refractivity contribution in [3.05, 3.63) is 17.8 Å². The van der Waals surface area contributed by atoms with E-state index in [1.165, 1.54) is 6.39 Å². The Morgan fingerprint density at radius 3 is 2.32 bits per heavy atom. The van der Waals surface area contributed by atoms with E-state index in [0.717, 1.165) is 0 Å². The fraction of sp³-hybridized carbons (Fsp3) is 0.600. The molecule has 122 valence electrons. The summed E-state index contributed by atoms with van der Waals surface area (Å²) in [7, 11) is 0. The first-order valence-electron chi connectivity index (χ1n) is 6.87. The van der Waals surface area contributed by atoms with Gasteiger partial charge in [-0.2, -0.15) is 4.99 Å². The first kappa shape index (κ1) is 17.9. The molecule has 1 aromatic rings. The van der Waals surface area contributed by atoms with Gasteiger partial charge in [0.05, 0.1) is 5.69 Å². The molecule has 1 heterocycles. The van der Waals surface area contributed by atoms with Crippen LogP contribution in [0.15, 0.2) is 15.8 Å². The number of hydrogen-bond acceptors (Lipinski definition) is 5. The van der Waals surface area contributed by atoms with Crippen molar-refractivity contribution in [2.45, 2.75) is 59.0 Å². The zero-order valence-corrected chi connectivity index (χ0v) is 13.8. The first-order valence-corrected chi connectivity index (χ1v) is 6.87. The van der Waals surface area contributed by atoms with Gasteiger partial charge in [-0.3, -0.25) is 0 Å². The first-order chi connectivity index (χ1) is 9.90. The monoisotopic (exact) mass is 310 g/mol. The summed E-state index contributed by atoms with van der Waals surface area (Å²) in [6, 6.07) is 0. The van der Waals surface area contributed by atoms with Crippen LogP contribution in [0, 0.1) is 0 Å². The molecule has 7 nitrogen and oxygen atoms in total. The van der Waals surface area contributed by atoms with Gasteiger partial charge in [-0.1, -0.05) is 20.8 Å². The Morgan fingerprint density at radius 2 is 1.86 bits per heavy atom. The summed E-state index contributed by atoms with van der Waals surface area (Å²) >= 11 is 0. The highest BCUT2D eigenvalue weighted by Crippen LogP contribution is 2.25. The van der Waals surface area contributed by atoms with Crippen LogP contribution in [0.3, 0.4) is 0 Å². The number of ether oxygens (including phenoxy) is 1. The van der Waals surface area contributed by atoms with Crippen LogP contribution < -0.4 is 0 Å². The molecule has 0 saturated heterocycles. The van der Waals surface area contributed by atoms with E-state index in [0.29, 0.717) is 11.5 Å². The zero-order chi connectivity index (χ0) is 17.1. The Hall–Kier alpha value is -2.18. The average molecular weight is 310 g/mol. The highest BCUT2D eigenvalue weighted by molar-refractivity contribution is 6.38. The molecule has 1 N–H and O–H groups in total.